The number of aryl methyl sites for hydroxylation is 1. The zero-order chi connectivity index (χ0) is 11.2. The summed E-state index contributed by atoms with van der Waals surface area (Å²) in [6, 6.07) is 8.89. The molecule has 2 nitrogen and oxygen atoms in total. The zero-order valence-corrected chi connectivity index (χ0v) is 10.1. The Kier molecular flexibility index (Phi) is 4.43. The standard InChI is InChI=1S/C13H20BNO/c14-13-5-3-12(4-6-13)2-1-7-15-8-10-16-11-9-15/h3-6H,1-2,7-11,14H2. The second kappa shape index (κ2) is 6.07. The summed E-state index contributed by atoms with van der Waals surface area (Å²) < 4.78 is 5.34. The van der Waals surface area contributed by atoms with E-state index >= 15 is 0 Å². The lowest BCUT2D eigenvalue weighted by Crippen LogP contribution is -2.36. The number of benzene rings is 1. The molecule has 1 heterocycles. The van der Waals surface area contributed by atoms with E-state index in [1.807, 2.05) is 0 Å². The number of rotatable bonds is 4. The van der Waals surface area contributed by atoms with E-state index in [1.165, 1.54) is 30.4 Å². The van der Waals surface area contributed by atoms with Crippen molar-refractivity contribution in [3.8, 4) is 0 Å². The molecule has 1 saturated heterocycles. The van der Waals surface area contributed by atoms with Crippen LogP contribution < -0.4 is 5.46 Å². The van der Waals surface area contributed by atoms with Crippen molar-refractivity contribution in [2.75, 3.05) is 32.8 Å². The topological polar surface area (TPSA) is 12.5 Å². The van der Waals surface area contributed by atoms with Gasteiger partial charge in [-0.05, 0) is 24.9 Å². The third-order valence-electron chi connectivity index (χ3n) is 3.16. The van der Waals surface area contributed by atoms with Crippen LogP contribution in [0.25, 0.3) is 0 Å². The zero-order valence-electron chi connectivity index (χ0n) is 10.1. The van der Waals surface area contributed by atoms with E-state index in [9.17, 15) is 0 Å². The Morgan fingerprint density at radius 3 is 2.50 bits per heavy atom. The molecule has 0 N–H and O–H groups in total. The van der Waals surface area contributed by atoms with Crippen LogP contribution in [0.15, 0.2) is 24.3 Å². The third kappa shape index (κ3) is 3.65. The minimum atomic E-state index is 0.907. The summed E-state index contributed by atoms with van der Waals surface area (Å²) >= 11 is 0. The van der Waals surface area contributed by atoms with E-state index in [4.69, 9.17) is 4.74 Å². The molecule has 0 spiro atoms. The molecule has 1 aromatic carbocycles. The molecule has 1 fully saturated rings. The maximum atomic E-state index is 5.34. The Morgan fingerprint density at radius 2 is 1.81 bits per heavy atom. The predicted octanol–water partition coefficient (Wildman–Crippen LogP) is 0.210. The first kappa shape index (κ1) is 11.7. The van der Waals surface area contributed by atoms with Crippen molar-refractivity contribution in [1.82, 2.24) is 4.90 Å². The Hall–Kier alpha value is -0.795. The van der Waals surface area contributed by atoms with E-state index in [0.717, 1.165) is 26.3 Å². The molecule has 0 aliphatic carbocycles. The van der Waals surface area contributed by atoms with Gasteiger partial charge in [0, 0.05) is 13.1 Å². The van der Waals surface area contributed by atoms with Crippen LogP contribution in [0, 0.1) is 0 Å². The van der Waals surface area contributed by atoms with Gasteiger partial charge in [-0.25, -0.2) is 0 Å². The average molecular weight is 217 g/mol. The molecule has 0 bridgehead atoms. The van der Waals surface area contributed by atoms with Crippen molar-refractivity contribution in [3.63, 3.8) is 0 Å². The Balaban J connectivity index is 1.69. The van der Waals surface area contributed by atoms with Gasteiger partial charge in [-0.3, -0.25) is 4.90 Å². The van der Waals surface area contributed by atoms with Gasteiger partial charge in [0.2, 0.25) is 0 Å². The van der Waals surface area contributed by atoms with Crippen molar-refractivity contribution in [1.29, 1.82) is 0 Å². The summed E-state index contributed by atoms with van der Waals surface area (Å²) in [6.07, 6.45) is 2.45. The van der Waals surface area contributed by atoms with E-state index in [0.29, 0.717) is 0 Å². The van der Waals surface area contributed by atoms with Crippen molar-refractivity contribution in [3.05, 3.63) is 29.8 Å². The minimum Gasteiger partial charge on any atom is -0.379 e. The second-order valence-electron chi connectivity index (χ2n) is 4.54. The lowest BCUT2D eigenvalue weighted by Gasteiger charge is -2.26. The van der Waals surface area contributed by atoms with Crippen molar-refractivity contribution in [2.24, 2.45) is 0 Å². The van der Waals surface area contributed by atoms with E-state index in [1.54, 1.807) is 0 Å². The highest BCUT2D eigenvalue weighted by Crippen LogP contribution is 2.04. The van der Waals surface area contributed by atoms with Gasteiger partial charge >= 0.3 is 0 Å². The highest BCUT2D eigenvalue weighted by Gasteiger charge is 2.08. The maximum absolute atomic E-state index is 5.34. The first-order valence-electron chi connectivity index (χ1n) is 6.20. The SMILES string of the molecule is Bc1ccc(CCCN2CCOCC2)cc1. The summed E-state index contributed by atoms with van der Waals surface area (Å²) in [7, 11) is 2.14. The van der Waals surface area contributed by atoms with Gasteiger partial charge in [-0.15, -0.1) is 0 Å². The Morgan fingerprint density at radius 1 is 1.12 bits per heavy atom. The molecule has 1 aliphatic rings. The quantitative estimate of drug-likeness (QED) is 0.668. The molecule has 0 radical (unpaired) electrons. The normalized spacial score (nSPS) is 17.5. The van der Waals surface area contributed by atoms with Crippen molar-refractivity contribution < 1.29 is 4.74 Å². The number of morpholine rings is 1. The molecule has 0 atom stereocenters. The molecule has 0 unspecified atom stereocenters. The fourth-order valence-electron chi connectivity index (χ4n) is 2.09. The summed E-state index contributed by atoms with van der Waals surface area (Å²) in [5, 5.41) is 0. The largest absolute Gasteiger partial charge is 0.379 e. The molecular weight excluding hydrogens is 197 g/mol. The highest BCUT2D eigenvalue weighted by molar-refractivity contribution is 6.32. The monoisotopic (exact) mass is 217 g/mol. The molecule has 0 saturated carbocycles. The van der Waals surface area contributed by atoms with E-state index in [-0.39, 0.29) is 0 Å². The van der Waals surface area contributed by atoms with Crippen LogP contribution in [-0.2, 0) is 11.2 Å². The maximum Gasteiger partial charge on any atom is 0.139 e. The lowest BCUT2D eigenvalue weighted by atomic mass is 9.94. The van der Waals surface area contributed by atoms with Gasteiger partial charge in [0.1, 0.15) is 7.85 Å². The van der Waals surface area contributed by atoms with Gasteiger partial charge in [0.05, 0.1) is 13.2 Å². The smallest absolute Gasteiger partial charge is 0.139 e. The minimum absolute atomic E-state index is 0.907. The molecule has 3 heteroatoms. The van der Waals surface area contributed by atoms with Gasteiger partial charge in [0.25, 0.3) is 0 Å². The van der Waals surface area contributed by atoms with Gasteiger partial charge in [0.15, 0.2) is 0 Å². The number of ether oxygens (including phenoxy) is 1. The van der Waals surface area contributed by atoms with Gasteiger partial charge in [-0.2, -0.15) is 0 Å². The molecule has 1 aliphatic heterocycles. The lowest BCUT2D eigenvalue weighted by molar-refractivity contribution is 0.0375. The first-order valence-corrected chi connectivity index (χ1v) is 6.20. The second-order valence-corrected chi connectivity index (χ2v) is 4.54. The van der Waals surface area contributed by atoms with E-state index in [2.05, 4.69) is 37.0 Å². The van der Waals surface area contributed by atoms with Crippen LogP contribution in [0.1, 0.15) is 12.0 Å². The molecule has 86 valence electrons. The average Bonchev–Trinajstić information content (AvgIpc) is 2.33. The van der Waals surface area contributed by atoms with Crippen LogP contribution in [0.5, 0.6) is 0 Å². The van der Waals surface area contributed by atoms with Crippen molar-refractivity contribution in [2.45, 2.75) is 12.8 Å². The molecule has 0 amide bonds. The summed E-state index contributed by atoms with van der Waals surface area (Å²) in [5.74, 6) is 0. The van der Waals surface area contributed by atoms with Crippen molar-refractivity contribution >= 4 is 13.3 Å². The number of hydrogen-bond acceptors (Lipinski definition) is 2. The van der Waals surface area contributed by atoms with Gasteiger partial charge < -0.3 is 4.74 Å². The fourth-order valence-corrected chi connectivity index (χ4v) is 2.09. The summed E-state index contributed by atoms with van der Waals surface area (Å²) in [6.45, 7) is 5.23. The molecule has 1 aromatic rings. The van der Waals surface area contributed by atoms with Crippen LogP contribution >= 0.6 is 0 Å². The van der Waals surface area contributed by atoms with Crippen LogP contribution in [0.2, 0.25) is 0 Å². The van der Waals surface area contributed by atoms with E-state index < -0.39 is 0 Å². The molecule has 2 rings (SSSR count). The summed E-state index contributed by atoms with van der Waals surface area (Å²) in [4.78, 5) is 2.50. The molecule has 0 aromatic heterocycles. The molecular formula is C13H20BNO. The third-order valence-corrected chi connectivity index (χ3v) is 3.16. The molecule has 16 heavy (non-hydrogen) atoms. The van der Waals surface area contributed by atoms with Crippen LogP contribution in [0.3, 0.4) is 0 Å². The van der Waals surface area contributed by atoms with Crippen LogP contribution in [0.4, 0.5) is 0 Å². The predicted molar refractivity (Wildman–Crippen MR) is 70.2 cm³/mol. The van der Waals surface area contributed by atoms with Gasteiger partial charge in [-0.1, -0.05) is 29.7 Å². The first-order chi connectivity index (χ1) is 7.84. The fraction of sp³-hybridized carbons (Fsp3) is 0.538. The number of nitrogens with zero attached hydrogens (tertiary/aromatic N) is 1. The Bertz CT molecular complexity index is 306. The number of hydrogen-bond donors (Lipinski definition) is 0. The van der Waals surface area contributed by atoms with Crippen LogP contribution in [-0.4, -0.2) is 45.6 Å². The highest BCUT2D eigenvalue weighted by atomic mass is 16.5. The Labute approximate surface area is 99.0 Å². The summed E-state index contributed by atoms with van der Waals surface area (Å²) in [5.41, 5.74) is 2.80.